The van der Waals surface area contributed by atoms with Crippen molar-refractivity contribution < 1.29 is 4.79 Å². The average Bonchev–Trinajstić information content (AvgIpc) is 2.30. The summed E-state index contributed by atoms with van der Waals surface area (Å²) in [5.41, 5.74) is 3.56. The Morgan fingerprint density at radius 3 is 3.00 bits per heavy atom. The van der Waals surface area contributed by atoms with Crippen molar-refractivity contribution in [1.29, 1.82) is 0 Å². The molecule has 0 saturated heterocycles. The third-order valence-corrected chi connectivity index (χ3v) is 3.36. The Bertz CT molecular complexity index is 523. The van der Waals surface area contributed by atoms with Crippen molar-refractivity contribution in [3.8, 4) is 0 Å². The molecule has 4 nitrogen and oxygen atoms in total. The van der Waals surface area contributed by atoms with E-state index in [-0.39, 0.29) is 5.91 Å². The van der Waals surface area contributed by atoms with E-state index in [4.69, 9.17) is 0 Å². The topological polar surface area (TPSA) is 54.4 Å². The number of aryl methyl sites for hydroxylation is 2. The normalized spacial score (nSPS) is 15.6. The van der Waals surface area contributed by atoms with E-state index in [0.29, 0.717) is 11.4 Å². The maximum Gasteiger partial charge on any atom is 0.235 e. The lowest BCUT2D eigenvalue weighted by Crippen LogP contribution is -2.22. The van der Waals surface area contributed by atoms with Crippen molar-refractivity contribution in [3.63, 3.8) is 0 Å². The molecule has 2 heterocycles. The highest BCUT2D eigenvalue weighted by molar-refractivity contribution is 8.00. The van der Waals surface area contributed by atoms with Gasteiger partial charge in [-0.05, 0) is 25.5 Å². The molecule has 1 aromatic rings. The average molecular weight is 247 g/mol. The second kappa shape index (κ2) is 4.71. The van der Waals surface area contributed by atoms with Crippen molar-refractivity contribution >= 4 is 29.7 Å². The molecule has 0 fully saturated rings. The van der Waals surface area contributed by atoms with Gasteiger partial charge in [0, 0.05) is 11.3 Å². The van der Waals surface area contributed by atoms with Crippen LogP contribution in [0.3, 0.4) is 0 Å². The lowest BCUT2D eigenvalue weighted by Gasteiger charge is -2.10. The van der Waals surface area contributed by atoms with Gasteiger partial charge in [-0.15, -0.1) is 0 Å². The maximum atomic E-state index is 11.4. The van der Waals surface area contributed by atoms with Crippen LogP contribution in [0.5, 0.6) is 0 Å². The van der Waals surface area contributed by atoms with E-state index in [1.54, 1.807) is 0 Å². The number of hydrogen-bond acceptors (Lipinski definition) is 4. The van der Waals surface area contributed by atoms with Crippen molar-refractivity contribution in [2.24, 2.45) is 4.99 Å². The number of rotatable bonds is 0. The molecule has 0 unspecified atom stereocenters. The molecule has 0 aliphatic carbocycles. The predicted molar refractivity (Wildman–Crippen MR) is 70.1 cm³/mol. The molecule has 0 atom stereocenters. The van der Waals surface area contributed by atoms with Gasteiger partial charge in [0.15, 0.2) is 0 Å². The van der Waals surface area contributed by atoms with E-state index in [1.807, 2.05) is 19.9 Å². The number of hydrogen-bond donors (Lipinski definition) is 1. The van der Waals surface area contributed by atoms with Crippen molar-refractivity contribution in [1.82, 2.24) is 10.3 Å². The summed E-state index contributed by atoms with van der Waals surface area (Å²) < 4.78 is 0. The number of carbonyl (C=O) groups is 1. The molecule has 1 amide bonds. The third-order valence-electron chi connectivity index (χ3n) is 2.39. The van der Waals surface area contributed by atoms with Crippen LogP contribution in [0, 0.1) is 13.8 Å². The highest BCUT2D eigenvalue weighted by Gasteiger charge is 2.15. The first-order valence-electron chi connectivity index (χ1n) is 5.20. The Kier molecular flexibility index (Phi) is 3.28. The SMILES string of the molecule is C=C1N=CNC(=O)CSc2nc(C)cc(C)c21. The number of amides is 1. The Balaban J connectivity index is 2.54. The number of aromatic nitrogens is 1. The molecule has 88 valence electrons. The van der Waals surface area contributed by atoms with Crippen molar-refractivity contribution in [2.45, 2.75) is 18.9 Å². The molecule has 0 radical (unpaired) electrons. The molecule has 1 N–H and O–H groups in total. The van der Waals surface area contributed by atoms with Crippen LogP contribution in [0.25, 0.3) is 5.70 Å². The van der Waals surface area contributed by atoms with Crippen LogP contribution >= 0.6 is 11.8 Å². The van der Waals surface area contributed by atoms with E-state index in [1.165, 1.54) is 18.1 Å². The van der Waals surface area contributed by atoms with Crippen LogP contribution in [0.4, 0.5) is 0 Å². The summed E-state index contributed by atoms with van der Waals surface area (Å²) in [6.07, 6.45) is 1.39. The second-order valence-corrected chi connectivity index (χ2v) is 4.79. The zero-order valence-corrected chi connectivity index (χ0v) is 10.6. The summed E-state index contributed by atoms with van der Waals surface area (Å²) in [5, 5.41) is 3.40. The van der Waals surface area contributed by atoms with Crippen LogP contribution in [0.15, 0.2) is 22.7 Å². The number of fused-ring (bicyclic) bond motifs is 1. The second-order valence-electron chi connectivity index (χ2n) is 3.82. The molecule has 17 heavy (non-hydrogen) atoms. The van der Waals surface area contributed by atoms with Gasteiger partial charge >= 0.3 is 0 Å². The fourth-order valence-electron chi connectivity index (χ4n) is 1.68. The summed E-state index contributed by atoms with van der Waals surface area (Å²) in [4.78, 5) is 20.0. The summed E-state index contributed by atoms with van der Waals surface area (Å²) in [6.45, 7) is 7.85. The number of nitrogens with one attached hydrogen (secondary N) is 1. The molecule has 1 aromatic heterocycles. The minimum atomic E-state index is -0.0830. The number of aliphatic imine (C=N–C) groups is 1. The van der Waals surface area contributed by atoms with Gasteiger partial charge in [-0.25, -0.2) is 9.98 Å². The minimum absolute atomic E-state index is 0.0830. The predicted octanol–water partition coefficient (Wildman–Crippen LogP) is 1.92. The Hall–Kier alpha value is -1.62. The number of nitrogens with zero attached hydrogens (tertiary/aromatic N) is 2. The monoisotopic (exact) mass is 247 g/mol. The van der Waals surface area contributed by atoms with Gasteiger partial charge in [0.2, 0.25) is 5.91 Å². The summed E-state index contributed by atoms with van der Waals surface area (Å²) in [5.74, 6) is 0.253. The smallest absolute Gasteiger partial charge is 0.235 e. The van der Waals surface area contributed by atoms with Crippen LogP contribution in [0.1, 0.15) is 16.8 Å². The number of pyridine rings is 1. The third kappa shape index (κ3) is 2.55. The molecule has 0 bridgehead atoms. The summed E-state index contributed by atoms with van der Waals surface area (Å²) in [6, 6.07) is 1.99. The Labute approximate surface area is 104 Å². The van der Waals surface area contributed by atoms with Crippen LogP contribution < -0.4 is 5.32 Å². The standard InChI is InChI=1S/C12H13N3OS/c1-7-4-8(2)15-12-11(7)9(3)13-6-14-10(16)5-17-12/h4,6H,3,5H2,1-2H3,(H,13,14,16). The molecular formula is C12H13N3OS. The van der Waals surface area contributed by atoms with Crippen molar-refractivity contribution in [3.05, 3.63) is 29.5 Å². The van der Waals surface area contributed by atoms with Gasteiger partial charge < -0.3 is 5.32 Å². The van der Waals surface area contributed by atoms with E-state index < -0.39 is 0 Å². The highest BCUT2D eigenvalue weighted by atomic mass is 32.2. The van der Waals surface area contributed by atoms with Gasteiger partial charge in [-0.1, -0.05) is 18.3 Å². The van der Waals surface area contributed by atoms with E-state index in [2.05, 4.69) is 21.9 Å². The lowest BCUT2D eigenvalue weighted by atomic mass is 10.1. The van der Waals surface area contributed by atoms with Gasteiger partial charge in [-0.2, -0.15) is 0 Å². The van der Waals surface area contributed by atoms with E-state index in [9.17, 15) is 4.79 Å². The van der Waals surface area contributed by atoms with Gasteiger partial charge in [0.05, 0.1) is 17.8 Å². The van der Waals surface area contributed by atoms with Crippen LogP contribution in [-0.2, 0) is 4.79 Å². The number of carbonyl (C=O) groups excluding carboxylic acids is 1. The molecule has 0 aromatic carbocycles. The molecule has 0 spiro atoms. The Morgan fingerprint density at radius 1 is 1.47 bits per heavy atom. The fourth-order valence-corrected chi connectivity index (χ4v) is 2.66. The van der Waals surface area contributed by atoms with Crippen molar-refractivity contribution in [2.75, 3.05) is 5.75 Å². The minimum Gasteiger partial charge on any atom is -0.316 e. The quantitative estimate of drug-likeness (QED) is 0.762. The fraction of sp³-hybridized carbons (Fsp3) is 0.250. The molecule has 0 saturated carbocycles. The summed E-state index contributed by atoms with van der Waals surface area (Å²) >= 11 is 1.41. The zero-order chi connectivity index (χ0) is 12.4. The molecule has 1 aliphatic heterocycles. The zero-order valence-electron chi connectivity index (χ0n) is 9.78. The van der Waals surface area contributed by atoms with Gasteiger partial charge in [-0.3, -0.25) is 4.79 Å². The molecule has 1 aliphatic rings. The van der Waals surface area contributed by atoms with Crippen LogP contribution in [-0.4, -0.2) is 23.0 Å². The first-order chi connectivity index (χ1) is 8.08. The largest absolute Gasteiger partial charge is 0.316 e. The first kappa shape index (κ1) is 11.9. The molecular weight excluding hydrogens is 234 g/mol. The summed E-state index contributed by atoms with van der Waals surface area (Å²) in [7, 11) is 0. The molecule has 5 heteroatoms. The van der Waals surface area contributed by atoms with E-state index in [0.717, 1.165) is 21.8 Å². The van der Waals surface area contributed by atoms with E-state index >= 15 is 0 Å². The Morgan fingerprint density at radius 2 is 2.24 bits per heavy atom. The number of thioether (sulfide) groups is 1. The molecule has 2 rings (SSSR count). The highest BCUT2D eigenvalue weighted by Crippen LogP contribution is 2.30. The maximum absolute atomic E-state index is 11.4. The first-order valence-corrected chi connectivity index (χ1v) is 6.18. The van der Waals surface area contributed by atoms with Gasteiger partial charge in [0.25, 0.3) is 0 Å². The lowest BCUT2D eigenvalue weighted by molar-refractivity contribution is -0.117. The van der Waals surface area contributed by atoms with Gasteiger partial charge in [0.1, 0.15) is 5.03 Å². The van der Waals surface area contributed by atoms with Crippen LogP contribution in [0.2, 0.25) is 0 Å².